The number of esters is 1. The Balaban J connectivity index is 1.37. The van der Waals surface area contributed by atoms with Crippen LogP contribution in [0.2, 0.25) is 0 Å². The second-order valence-electron chi connectivity index (χ2n) is 8.85. The van der Waals surface area contributed by atoms with Crippen LogP contribution in [0.5, 0.6) is 0 Å². The maximum Gasteiger partial charge on any atom is 0.379 e. The molecule has 2 heterocycles. The summed E-state index contributed by atoms with van der Waals surface area (Å²) in [5, 5.41) is 6.99. The molecule has 2 aromatic heterocycles. The summed E-state index contributed by atoms with van der Waals surface area (Å²) in [7, 11) is 1.72. The topological polar surface area (TPSA) is 113 Å². The molecule has 0 saturated heterocycles. The predicted octanol–water partition coefficient (Wildman–Crippen LogP) is 3.92. The van der Waals surface area contributed by atoms with Crippen LogP contribution in [0.1, 0.15) is 23.2 Å². The number of aromatic nitrogens is 5. The van der Waals surface area contributed by atoms with E-state index in [1.54, 1.807) is 35.5 Å². The Bertz CT molecular complexity index is 1630. The van der Waals surface area contributed by atoms with Gasteiger partial charge in [0.2, 0.25) is 0 Å². The first-order valence-electron chi connectivity index (χ1n) is 12.3. The Morgan fingerprint density at radius 1 is 0.872 bits per heavy atom. The molecule has 10 nitrogen and oxygen atoms in total. The van der Waals surface area contributed by atoms with E-state index in [-0.39, 0.29) is 11.5 Å². The van der Waals surface area contributed by atoms with Gasteiger partial charge in [0.15, 0.2) is 11.9 Å². The fourth-order valence-corrected chi connectivity index (χ4v) is 4.13. The molecule has 3 aromatic carbocycles. The largest absolute Gasteiger partial charge is 0.447 e. The molecule has 10 heteroatoms. The van der Waals surface area contributed by atoms with Crippen LogP contribution < -0.4 is 10.9 Å². The Kier molecular flexibility index (Phi) is 6.92. The van der Waals surface area contributed by atoms with Gasteiger partial charge in [0, 0.05) is 12.6 Å². The Hall–Kier alpha value is -5.25. The number of benzene rings is 3. The van der Waals surface area contributed by atoms with Crippen molar-refractivity contribution in [1.82, 2.24) is 24.1 Å². The van der Waals surface area contributed by atoms with Crippen molar-refractivity contribution < 1.29 is 14.3 Å². The molecule has 1 amide bonds. The van der Waals surface area contributed by atoms with Crippen molar-refractivity contribution in [2.75, 3.05) is 5.32 Å². The Morgan fingerprint density at radius 3 is 2.05 bits per heavy atom. The molecular formula is C29H26N6O4. The van der Waals surface area contributed by atoms with E-state index >= 15 is 0 Å². The van der Waals surface area contributed by atoms with Crippen LogP contribution >= 0.6 is 0 Å². The number of carbonyl (C=O) groups excluding carboxylic acids is 2. The predicted molar refractivity (Wildman–Crippen MR) is 146 cm³/mol. The number of para-hydroxylation sites is 2. The van der Waals surface area contributed by atoms with Crippen LogP contribution in [0.4, 0.5) is 5.69 Å². The van der Waals surface area contributed by atoms with Crippen molar-refractivity contribution in [2.45, 2.75) is 20.0 Å². The van der Waals surface area contributed by atoms with E-state index < -0.39 is 23.5 Å². The van der Waals surface area contributed by atoms with Crippen LogP contribution in [0.15, 0.2) is 95.8 Å². The first-order valence-corrected chi connectivity index (χ1v) is 12.3. The summed E-state index contributed by atoms with van der Waals surface area (Å²) in [6, 6.07) is 27.7. The molecule has 0 bridgehead atoms. The average molecular weight is 523 g/mol. The first-order chi connectivity index (χ1) is 18.8. The van der Waals surface area contributed by atoms with Crippen molar-refractivity contribution >= 4 is 17.6 Å². The van der Waals surface area contributed by atoms with Gasteiger partial charge in [-0.1, -0.05) is 66.7 Å². The van der Waals surface area contributed by atoms with Gasteiger partial charge in [-0.3, -0.25) is 14.3 Å². The third kappa shape index (κ3) is 4.99. The van der Waals surface area contributed by atoms with E-state index in [9.17, 15) is 14.4 Å². The standard InChI is InChI=1S/C29H26N6O4/c1-19-24(28(37)35(33(19)3)23-17-11-6-12-18-23)30-27(36)20(2)39-29(38)25-31-26(21-13-7-4-8-14-21)34(32-25)22-15-9-5-10-16-22/h4-18,20H,1-3H3,(H,30,36)/t20-/m0/s1. The van der Waals surface area contributed by atoms with Gasteiger partial charge in [-0.15, -0.1) is 5.10 Å². The van der Waals surface area contributed by atoms with Crippen LogP contribution in [0, 0.1) is 6.92 Å². The second-order valence-corrected chi connectivity index (χ2v) is 8.85. The van der Waals surface area contributed by atoms with E-state index in [1.165, 1.54) is 11.6 Å². The minimum atomic E-state index is -1.22. The van der Waals surface area contributed by atoms with Crippen molar-refractivity contribution in [3.63, 3.8) is 0 Å². The van der Waals surface area contributed by atoms with E-state index in [0.717, 1.165) is 5.56 Å². The highest BCUT2D eigenvalue weighted by atomic mass is 16.5. The third-order valence-corrected chi connectivity index (χ3v) is 6.28. The number of ether oxygens (including phenoxy) is 1. The molecular weight excluding hydrogens is 496 g/mol. The molecule has 5 aromatic rings. The van der Waals surface area contributed by atoms with Crippen molar-refractivity contribution in [3.8, 4) is 22.8 Å². The summed E-state index contributed by atoms with van der Waals surface area (Å²) < 4.78 is 10.1. The van der Waals surface area contributed by atoms with Gasteiger partial charge < -0.3 is 10.1 Å². The SMILES string of the molecule is Cc1c(NC(=O)[C@H](C)OC(=O)c2nc(-c3ccccc3)n(-c3ccccc3)n2)c(=O)n(-c2ccccc2)n1C. The van der Waals surface area contributed by atoms with Crippen LogP contribution in [0.25, 0.3) is 22.8 Å². The van der Waals surface area contributed by atoms with Gasteiger partial charge in [0.05, 0.1) is 17.1 Å². The normalized spacial score (nSPS) is 11.7. The zero-order chi connectivity index (χ0) is 27.5. The number of hydrogen-bond donors (Lipinski definition) is 1. The van der Waals surface area contributed by atoms with Crippen molar-refractivity contribution in [3.05, 3.63) is 113 Å². The van der Waals surface area contributed by atoms with Gasteiger partial charge >= 0.3 is 5.97 Å². The molecule has 1 atom stereocenters. The molecule has 0 unspecified atom stereocenters. The number of amides is 1. The zero-order valence-corrected chi connectivity index (χ0v) is 21.6. The lowest BCUT2D eigenvalue weighted by atomic mass is 10.2. The summed E-state index contributed by atoms with van der Waals surface area (Å²) in [5.74, 6) is -1.26. The molecule has 0 aliphatic carbocycles. The molecule has 0 aliphatic rings. The van der Waals surface area contributed by atoms with E-state index in [4.69, 9.17) is 4.74 Å². The number of nitrogens with one attached hydrogen (secondary N) is 1. The van der Waals surface area contributed by atoms with Crippen LogP contribution in [0.3, 0.4) is 0 Å². The highest BCUT2D eigenvalue weighted by Crippen LogP contribution is 2.21. The van der Waals surface area contributed by atoms with Crippen LogP contribution in [-0.2, 0) is 16.6 Å². The maximum atomic E-state index is 13.1. The second kappa shape index (κ2) is 10.6. The van der Waals surface area contributed by atoms with Gasteiger partial charge in [-0.2, -0.15) is 0 Å². The summed E-state index contributed by atoms with van der Waals surface area (Å²) in [6.07, 6.45) is -1.22. The van der Waals surface area contributed by atoms with Gasteiger partial charge in [-0.05, 0) is 38.1 Å². The lowest BCUT2D eigenvalue weighted by Crippen LogP contribution is -2.32. The van der Waals surface area contributed by atoms with Gasteiger partial charge in [-0.25, -0.2) is 19.1 Å². The molecule has 0 radical (unpaired) electrons. The average Bonchev–Trinajstić information content (AvgIpc) is 3.50. The van der Waals surface area contributed by atoms with E-state index in [0.29, 0.717) is 22.9 Å². The maximum absolute atomic E-state index is 13.1. The molecule has 0 spiro atoms. The first kappa shape index (κ1) is 25.4. The summed E-state index contributed by atoms with van der Waals surface area (Å²) in [5.41, 5.74) is 2.38. The highest BCUT2D eigenvalue weighted by molar-refractivity contribution is 5.96. The summed E-state index contributed by atoms with van der Waals surface area (Å²) in [4.78, 5) is 43.5. The zero-order valence-electron chi connectivity index (χ0n) is 21.6. The number of nitrogens with zero attached hydrogens (tertiary/aromatic N) is 5. The van der Waals surface area contributed by atoms with E-state index in [2.05, 4.69) is 15.4 Å². The fourth-order valence-electron chi connectivity index (χ4n) is 4.13. The lowest BCUT2D eigenvalue weighted by Gasteiger charge is -2.11. The van der Waals surface area contributed by atoms with Crippen LogP contribution in [-0.4, -0.2) is 42.1 Å². The minimum absolute atomic E-state index is 0.104. The minimum Gasteiger partial charge on any atom is -0.447 e. The molecule has 1 N–H and O–H groups in total. The number of anilines is 1. The molecule has 0 fully saturated rings. The monoisotopic (exact) mass is 522 g/mol. The Labute approximate surface area is 224 Å². The number of rotatable bonds is 7. The lowest BCUT2D eigenvalue weighted by molar-refractivity contribution is -0.123. The number of hydrogen-bond acceptors (Lipinski definition) is 6. The van der Waals surface area contributed by atoms with Crippen molar-refractivity contribution in [2.24, 2.45) is 7.05 Å². The molecule has 5 rings (SSSR count). The fraction of sp³-hybridized carbons (Fsp3) is 0.138. The number of carbonyl (C=O) groups is 2. The van der Waals surface area contributed by atoms with Gasteiger partial charge in [0.1, 0.15) is 5.69 Å². The quantitative estimate of drug-likeness (QED) is 0.324. The van der Waals surface area contributed by atoms with E-state index in [1.807, 2.05) is 78.9 Å². The third-order valence-electron chi connectivity index (χ3n) is 6.28. The van der Waals surface area contributed by atoms with Gasteiger partial charge in [0.25, 0.3) is 17.3 Å². The molecule has 196 valence electrons. The molecule has 0 saturated carbocycles. The van der Waals surface area contributed by atoms with Crippen molar-refractivity contribution in [1.29, 1.82) is 0 Å². The molecule has 0 aliphatic heterocycles. The summed E-state index contributed by atoms with van der Waals surface area (Å²) in [6.45, 7) is 3.14. The molecule has 39 heavy (non-hydrogen) atoms. The Morgan fingerprint density at radius 2 is 1.44 bits per heavy atom. The smallest absolute Gasteiger partial charge is 0.379 e. The summed E-state index contributed by atoms with van der Waals surface area (Å²) >= 11 is 0. The highest BCUT2D eigenvalue weighted by Gasteiger charge is 2.26.